The van der Waals surface area contributed by atoms with Gasteiger partial charge in [-0.2, -0.15) is 13.2 Å². The molecule has 34 heavy (non-hydrogen) atoms. The largest absolute Gasteiger partial charge is 0.490 e. The maximum Gasteiger partial charge on any atom is 0.490 e. The van der Waals surface area contributed by atoms with Crippen molar-refractivity contribution in [2.75, 3.05) is 25.5 Å². The number of carboxylic acids is 1. The predicted octanol–water partition coefficient (Wildman–Crippen LogP) is 1.18. The summed E-state index contributed by atoms with van der Waals surface area (Å²) in [6, 6.07) is 0. The Kier molecular flexibility index (Phi) is 9.16. The van der Waals surface area contributed by atoms with Gasteiger partial charge in [-0.15, -0.1) is 0 Å². The fourth-order valence-electron chi connectivity index (χ4n) is 2.62. The Morgan fingerprint density at radius 1 is 1.35 bits per heavy atom. The number of nitrogens with two attached hydrogens (primary N) is 2. The normalized spacial score (nSPS) is 10.9. The molecule has 0 saturated heterocycles. The van der Waals surface area contributed by atoms with Crippen molar-refractivity contribution >= 4 is 22.8 Å². The molecule has 0 aliphatic rings. The maximum atomic E-state index is 10.6. The lowest BCUT2D eigenvalue weighted by atomic mass is 10.2. The van der Waals surface area contributed by atoms with Crippen LogP contribution in [0.2, 0.25) is 0 Å². The lowest BCUT2D eigenvalue weighted by Gasteiger charge is -2.10. The molecule has 15 heteroatoms. The van der Waals surface area contributed by atoms with E-state index in [9.17, 15) is 13.2 Å². The Hall–Kier alpha value is -3.90. The summed E-state index contributed by atoms with van der Waals surface area (Å²) in [6.45, 7) is 3.52. The molecule has 0 unspecified atom stereocenters. The Morgan fingerprint density at radius 2 is 2.06 bits per heavy atom. The lowest BCUT2D eigenvalue weighted by molar-refractivity contribution is -0.192. The van der Waals surface area contributed by atoms with Crippen molar-refractivity contribution in [2.45, 2.75) is 32.5 Å². The number of carbonyl (C=O) groups is 1. The average molecular weight is 485 g/mol. The predicted molar refractivity (Wildman–Crippen MR) is 112 cm³/mol. The van der Waals surface area contributed by atoms with Crippen LogP contribution in [0.4, 0.5) is 19.0 Å². The van der Waals surface area contributed by atoms with E-state index in [0.29, 0.717) is 61.0 Å². The number of hydrogen-bond donors (Lipinski definition) is 4. The molecule has 12 nitrogen and oxygen atoms in total. The van der Waals surface area contributed by atoms with Crippen LogP contribution in [0.25, 0.3) is 22.6 Å². The summed E-state index contributed by atoms with van der Waals surface area (Å²) < 4.78 is 44.2. The van der Waals surface area contributed by atoms with Gasteiger partial charge in [0, 0.05) is 13.0 Å². The van der Waals surface area contributed by atoms with Gasteiger partial charge in [0.25, 0.3) is 0 Å². The molecule has 3 aromatic heterocycles. The number of halogens is 3. The highest BCUT2D eigenvalue weighted by Gasteiger charge is 2.38. The first kappa shape index (κ1) is 26.4. The molecule has 0 radical (unpaired) electrons. The second-order valence-corrected chi connectivity index (χ2v) is 6.41. The molecule has 3 heterocycles. The minimum Gasteiger partial charge on any atom is -0.490 e. The molecule has 0 bridgehead atoms. The van der Waals surface area contributed by atoms with Crippen LogP contribution in [0.3, 0.4) is 0 Å². The van der Waals surface area contributed by atoms with Gasteiger partial charge in [-0.3, -0.25) is 0 Å². The first-order chi connectivity index (χ1) is 16.1. The van der Waals surface area contributed by atoms with Crippen molar-refractivity contribution in [1.82, 2.24) is 24.8 Å². The van der Waals surface area contributed by atoms with Crippen molar-refractivity contribution in [3.8, 4) is 29.1 Å². The number of nitrogens with zero attached hydrogens (tertiary/aromatic N) is 5. The van der Waals surface area contributed by atoms with Gasteiger partial charge in [-0.1, -0.05) is 5.92 Å². The Morgan fingerprint density at radius 3 is 2.59 bits per heavy atom. The number of anilines is 1. The Bertz CT molecular complexity index is 1180. The quantitative estimate of drug-likeness (QED) is 0.278. The number of aryl methyl sites for hydroxylation is 1. The minimum absolute atomic E-state index is 0.0216. The fourth-order valence-corrected chi connectivity index (χ4v) is 2.62. The topological polar surface area (TPSA) is 188 Å². The molecule has 0 spiro atoms. The maximum absolute atomic E-state index is 10.6. The zero-order valence-electron chi connectivity index (χ0n) is 18.0. The van der Waals surface area contributed by atoms with E-state index in [1.807, 2.05) is 11.5 Å². The molecule has 0 fully saturated rings. The van der Waals surface area contributed by atoms with Gasteiger partial charge in [-0.25, -0.2) is 19.4 Å². The number of carboxylic acid groups (broad SMARTS) is 1. The van der Waals surface area contributed by atoms with Crippen LogP contribution in [-0.2, 0) is 11.3 Å². The van der Waals surface area contributed by atoms with Crippen molar-refractivity contribution < 1.29 is 37.5 Å². The molecule has 184 valence electrons. The first-order valence-corrected chi connectivity index (χ1v) is 9.85. The van der Waals surface area contributed by atoms with Gasteiger partial charge in [0.15, 0.2) is 23.1 Å². The number of pyridine rings is 1. The van der Waals surface area contributed by atoms with Crippen molar-refractivity contribution in [3.63, 3.8) is 0 Å². The third-order valence-corrected chi connectivity index (χ3v) is 4.07. The SMILES string of the molecule is CCn1c(-c2nonc2N)nc2c(C#CCCO)ncc(OCCCN)c21.O=C(O)C(F)(F)F. The lowest BCUT2D eigenvalue weighted by Crippen LogP contribution is -2.21. The minimum atomic E-state index is -5.08. The molecule has 3 rings (SSSR count). The zero-order valence-corrected chi connectivity index (χ0v) is 18.0. The van der Waals surface area contributed by atoms with Crippen LogP contribution in [0.1, 0.15) is 25.5 Å². The smallest absolute Gasteiger partial charge is 0.490 e. The third kappa shape index (κ3) is 6.33. The monoisotopic (exact) mass is 485 g/mol. The van der Waals surface area contributed by atoms with Crippen LogP contribution < -0.4 is 16.2 Å². The number of aromatic nitrogens is 5. The molecular formula is C19H22F3N7O5. The van der Waals surface area contributed by atoms with Crippen LogP contribution in [0.15, 0.2) is 10.8 Å². The highest BCUT2D eigenvalue weighted by atomic mass is 19.4. The zero-order chi connectivity index (χ0) is 25.3. The van der Waals surface area contributed by atoms with E-state index in [0.717, 1.165) is 5.52 Å². The number of hydrogen-bond acceptors (Lipinski definition) is 10. The van der Waals surface area contributed by atoms with E-state index >= 15 is 0 Å². The van der Waals surface area contributed by atoms with Crippen LogP contribution in [0.5, 0.6) is 5.75 Å². The standard InChI is InChI=1S/C17H21N7O3.C2HF3O2/c1-2-24-15-12(26-9-5-7-18)10-20-11(6-3-4-8-25)13(15)21-17(24)14-16(19)23-27-22-14;3-2(4,5)1(6)7/h10,25H,2,4-5,7-9,18H2,1H3,(H2,19,23);(H,6,7). The number of ether oxygens (including phenoxy) is 1. The molecular weight excluding hydrogens is 463 g/mol. The van der Waals surface area contributed by atoms with E-state index in [1.54, 1.807) is 6.20 Å². The number of aliphatic hydroxyl groups is 1. The van der Waals surface area contributed by atoms with E-state index in [-0.39, 0.29) is 12.4 Å². The third-order valence-electron chi connectivity index (χ3n) is 4.07. The highest BCUT2D eigenvalue weighted by molar-refractivity contribution is 5.89. The van der Waals surface area contributed by atoms with Crippen LogP contribution >= 0.6 is 0 Å². The van der Waals surface area contributed by atoms with Gasteiger partial charge in [0.1, 0.15) is 16.7 Å². The second kappa shape index (κ2) is 11.8. The number of aliphatic carboxylic acids is 1. The van der Waals surface area contributed by atoms with E-state index in [2.05, 4.69) is 32.1 Å². The summed E-state index contributed by atoms with van der Waals surface area (Å²) in [5, 5.41) is 23.6. The number of nitrogen functional groups attached to an aromatic ring is 1. The second-order valence-electron chi connectivity index (χ2n) is 6.41. The number of imidazole rings is 1. The van der Waals surface area contributed by atoms with E-state index in [4.69, 9.17) is 35.8 Å². The van der Waals surface area contributed by atoms with Gasteiger partial charge in [0.05, 0.1) is 19.4 Å². The number of rotatable bonds is 7. The number of alkyl halides is 3. The van der Waals surface area contributed by atoms with Crippen LogP contribution in [0, 0.1) is 11.8 Å². The summed E-state index contributed by atoms with van der Waals surface area (Å²) in [5.74, 6) is 4.26. The van der Waals surface area contributed by atoms with E-state index in [1.165, 1.54) is 0 Å². The average Bonchev–Trinajstić information content (AvgIpc) is 3.38. The Balaban J connectivity index is 0.000000509. The highest BCUT2D eigenvalue weighted by Crippen LogP contribution is 2.33. The molecule has 0 saturated carbocycles. The van der Waals surface area contributed by atoms with Gasteiger partial charge in [0.2, 0.25) is 0 Å². The summed E-state index contributed by atoms with van der Waals surface area (Å²) in [7, 11) is 0. The van der Waals surface area contributed by atoms with Crippen molar-refractivity contribution in [2.24, 2.45) is 5.73 Å². The number of fused-ring (bicyclic) bond motifs is 1. The first-order valence-electron chi connectivity index (χ1n) is 9.85. The number of aliphatic hydroxyl groups excluding tert-OH is 1. The summed E-state index contributed by atoms with van der Waals surface area (Å²) in [4.78, 5) is 17.9. The molecule has 0 aliphatic heterocycles. The molecule has 6 N–H and O–H groups in total. The molecule has 0 aliphatic carbocycles. The fraction of sp³-hybridized carbons (Fsp3) is 0.421. The van der Waals surface area contributed by atoms with Gasteiger partial charge >= 0.3 is 12.1 Å². The molecule has 0 amide bonds. The van der Waals surface area contributed by atoms with Crippen LogP contribution in [-0.4, -0.2) is 67.0 Å². The summed E-state index contributed by atoms with van der Waals surface area (Å²) >= 11 is 0. The summed E-state index contributed by atoms with van der Waals surface area (Å²) in [5.41, 5.74) is 13.5. The van der Waals surface area contributed by atoms with E-state index < -0.39 is 12.1 Å². The summed E-state index contributed by atoms with van der Waals surface area (Å²) in [6.07, 6.45) is -2.41. The molecule has 0 atom stereocenters. The van der Waals surface area contributed by atoms with Crippen molar-refractivity contribution in [3.05, 3.63) is 11.9 Å². The molecule has 3 aromatic rings. The Labute approximate surface area is 190 Å². The van der Waals surface area contributed by atoms with Gasteiger partial charge < -0.3 is 31.0 Å². The molecule has 0 aromatic carbocycles. The van der Waals surface area contributed by atoms with Crippen molar-refractivity contribution in [1.29, 1.82) is 0 Å². The van der Waals surface area contributed by atoms with Gasteiger partial charge in [-0.05, 0) is 36.1 Å².